The van der Waals surface area contributed by atoms with E-state index >= 15 is 0 Å². The summed E-state index contributed by atoms with van der Waals surface area (Å²) in [6, 6.07) is 8.30. The lowest BCUT2D eigenvalue weighted by molar-refractivity contribution is -0.0328. The molecule has 0 bridgehead atoms. The van der Waals surface area contributed by atoms with E-state index in [0.717, 1.165) is 0 Å². The van der Waals surface area contributed by atoms with Crippen LogP contribution in [0.15, 0.2) is 30.3 Å². The normalized spacial score (nSPS) is 10.4. The molecule has 0 aromatic heterocycles. The van der Waals surface area contributed by atoms with Crippen LogP contribution in [-0.4, -0.2) is 57.9 Å². The first kappa shape index (κ1) is 16.5. The Kier molecular flexibility index (Phi) is 7.89. The van der Waals surface area contributed by atoms with E-state index in [4.69, 9.17) is 25.5 Å². The second-order valence-corrected chi connectivity index (χ2v) is 3.80. The third-order valence-electron chi connectivity index (χ3n) is 2.36. The molecule has 0 amide bonds. The molecule has 0 radical (unpaired) electrons. The van der Waals surface area contributed by atoms with E-state index in [0.29, 0.717) is 5.56 Å². The number of carboxylic acid groups (broad SMARTS) is 1. The van der Waals surface area contributed by atoms with Crippen LogP contribution in [0.25, 0.3) is 0 Å². The zero-order valence-electron chi connectivity index (χ0n) is 9.86. The largest absolute Gasteiger partial charge is 0.478 e. The molecular formula is C12H18O6. The quantitative estimate of drug-likeness (QED) is 0.478. The lowest BCUT2D eigenvalue weighted by atomic mass is 9.93. The summed E-state index contributed by atoms with van der Waals surface area (Å²) in [7, 11) is 0. The molecule has 6 nitrogen and oxygen atoms in total. The molecule has 0 heterocycles. The van der Waals surface area contributed by atoms with Gasteiger partial charge in [0.15, 0.2) is 0 Å². The highest BCUT2D eigenvalue weighted by atomic mass is 16.4. The van der Waals surface area contributed by atoms with Gasteiger partial charge >= 0.3 is 5.97 Å². The SMILES string of the molecule is O=C(O)c1ccccc1.OCC(CO)(CO)CO. The van der Waals surface area contributed by atoms with Gasteiger partial charge in [-0.05, 0) is 12.1 Å². The smallest absolute Gasteiger partial charge is 0.335 e. The van der Waals surface area contributed by atoms with E-state index < -0.39 is 37.8 Å². The number of aliphatic hydroxyl groups excluding tert-OH is 4. The minimum atomic E-state index is -1.11. The molecule has 0 unspecified atom stereocenters. The van der Waals surface area contributed by atoms with Crippen molar-refractivity contribution < 1.29 is 30.3 Å². The van der Waals surface area contributed by atoms with Crippen molar-refractivity contribution >= 4 is 5.97 Å². The first-order chi connectivity index (χ1) is 8.55. The average molecular weight is 258 g/mol. The van der Waals surface area contributed by atoms with Crippen molar-refractivity contribution in [3.8, 4) is 0 Å². The van der Waals surface area contributed by atoms with Crippen LogP contribution in [0.5, 0.6) is 0 Å². The molecule has 18 heavy (non-hydrogen) atoms. The molecule has 0 spiro atoms. The summed E-state index contributed by atoms with van der Waals surface area (Å²) in [4.78, 5) is 10.2. The Balaban J connectivity index is 0.000000321. The Morgan fingerprint density at radius 2 is 1.28 bits per heavy atom. The highest BCUT2D eigenvalue weighted by Gasteiger charge is 2.26. The Morgan fingerprint density at radius 3 is 1.44 bits per heavy atom. The van der Waals surface area contributed by atoms with Crippen molar-refractivity contribution in [3.05, 3.63) is 35.9 Å². The molecule has 6 heteroatoms. The van der Waals surface area contributed by atoms with Gasteiger partial charge < -0.3 is 25.5 Å². The van der Waals surface area contributed by atoms with Gasteiger partial charge in [-0.15, -0.1) is 0 Å². The first-order valence-corrected chi connectivity index (χ1v) is 5.27. The fourth-order valence-corrected chi connectivity index (χ4v) is 0.881. The van der Waals surface area contributed by atoms with Crippen LogP contribution in [0.2, 0.25) is 0 Å². The van der Waals surface area contributed by atoms with Crippen molar-refractivity contribution in [3.63, 3.8) is 0 Å². The Labute approximate surface area is 105 Å². The predicted octanol–water partition coefficient (Wildman–Crippen LogP) is -0.673. The van der Waals surface area contributed by atoms with Crippen LogP contribution in [0.4, 0.5) is 0 Å². The molecule has 1 aromatic carbocycles. The lowest BCUT2D eigenvalue weighted by Crippen LogP contribution is -2.37. The molecule has 1 rings (SSSR count). The number of rotatable bonds is 5. The molecule has 0 aliphatic carbocycles. The first-order valence-electron chi connectivity index (χ1n) is 5.27. The summed E-state index contributed by atoms with van der Waals surface area (Å²) in [6.07, 6.45) is 0. The van der Waals surface area contributed by atoms with Gasteiger partial charge in [0.1, 0.15) is 0 Å². The van der Waals surface area contributed by atoms with E-state index in [1.165, 1.54) is 0 Å². The molecule has 0 aliphatic rings. The second kappa shape index (κ2) is 8.60. The molecule has 0 saturated heterocycles. The summed E-state index contributed by atoms with van der Waals surface area (Å²) >= 11 is 0. The average Bonchev–Trinajstić information content (AvgIpc) is 2.44. The van der Waals surface area contributed by atoms with Crippen molar-refractivity contribution in [2.24, 2.45) is 5.41 Å². The zero-order valence-corrected chi connectivity index (χ0v) is 9.86. The Hall–Kier alpha value is -1.47. The van der Waals surface area contributed by atoms with Crippen molar-refractivity contribution in [1.29, 1.82) is 0 Å². The van der Waals surface area contributed by atoms with Crippen LogP contribution < -0.4 is 0 Å². The Morgan fingerprint density at radius 1 is 0.889 bits per heavy atom. The highest BCUT2D eigenvalue weighted by molar-refractivity contribution is 5.87. The summed E-state index contributed by atoms with van der Waals surface area (Å²) < 4.78 is 0. The number of hydrogen-bond acceptors (Lipinski definition) is 5. The van der Waals surface area contributed by atoms with Crippen LogP contribution in [0, 0.1) is 5.41 Å². The number of aromatic carboxylic acids is 1. The van der Waals surface area contributed by atoms with Crippen LogP contribution in [0.3, 0.4) is 0 Å². The summed E-state index contributed by atoms with van der Waals surface area (Å²) in [5, 5.41) is 42.4. The Bertz CT molecular complexity index is 316. The van der Waals surface area contributed by atoms with Crippen molar-refractivity contribution in [2.45, 2.75) is 0 Å². The van der Waals surface area contributed by atoms with E-state index in [1.54, 1.807) is 30.3 Å². The molecule has 1 aromatic rings. The molecule has 0 saturated carbocycles. The molecule has 0 fully saturated rings. The van der Waals surface area contributed by atoms with Crippen LogP contribution >= 0.6 is 0 Å². The fourth-order valence-electron chi connectivity index (χ4n) is 0.881. The molecular weight excluding hydrogens is 240 g/mol. The fraction of sp³-hybridized carbons (Fsp3) is 0.417. The number of benzene rings is 1. The number of carbonyl (C=O) groups is 1. The van der Waals surface area contributed by atoms with Gasteiger partial charge in [0.05, 0.1) is 37.4 Å². The minimum Gasteiger partial charge on any atom is -0.478 e. The lowest BCUT2D eigenvalue weighted by Gasteiger charge is -2.23. The van der Waals surface area contributed by atoms with E-state index in [1.807, 2.05) is 0 Å². The van der Waals surface area contributed by atoms with Crippen LogP contribution in [-0.2, 0) is 0 Å². The summed E-state index contributed by atoms with van der Waals surface area (Å²) in [5.74, 6) is -0.879. The molecule has 102 valence electrons. The van der Waals surface area contributed by atoms with Crippen LogP contribution in [0.1, 0.15) is 10.4 Å². The van der Waals surface area contributed by atoms with Gasteiger partial charge in [0.25, 0.3) is 0 Å². The third kappa shape index (κ3) is 5.24. The summed E-state index contributed by atoms with van der Waals surface area (Å²) in [6.45, 7) is -1.62. The van der Waals surface area contributed by atoms with E-state index in [-0.39, 0.29) is 0 Å². The summed E-state index contributed by atoms with van der Waals surface area (Å²) in [5.41, 5.74) is -0.780. The van der Waals surface area contributed by atoms with Gasteiger partial charge in [-0.1, -0.05) is 18.2 Å². The third-order valence-corrected chi connectivity index (χ3v) is 2.36. The molecule has 0 aliphatic heterocycles. The van der Waals surface area contributed by atoms with E-state index in [2.05, 4.69) is 0 Å². The predicted molar refractivity (Wildman–Crippen MR) is 64.2 cm³/mol. The second-order valence-electron chi connectivity index (χ2n) is 3.80. The van der Waals surface area contributed by atoms with E-state index in [9.17, 15) is 4.79 Å². The van der Waals surface area contributed by atoms with Crippen molar-refractivity contribution in [2.75, 3.05) is 26.4 Å². The van der Waals surface area contributed by atoms with Gasteiger partial charge in [0.2, 0.25) is 0 Å². The number of carboxylic acids is 1. The standard InChI is InChI=1S/C7H6O2.C5H12O4/c8-7(9)6-4-2-1-3-5-6;6-1-5(2-7,3-8)4-9/h1-5H,(H,8,9);6-9H,1-4H2. The van der Waals surface area contributed by atoms with Crippen molar-refractivity contribution in [1.82, 2.24) is 0 Å². The topological polar surface area (TPSA) is 118 Å². The minimum absolute atomic E-state index is 0.331. The monoisotopic (exact) mass is 258 g/mol. The zero-order chi connectivity index (χ0) is 14.0. The number of hydrogen-bond donors (Lipinski definition) is 5. The highest BCUT2D eigenvalue weighted by Crippen LogP contribution is 2.11. The maximum atomic E-state index is 10.2. The molecule has 5 N–H and O–H groups in total. The maximum Gasteiger partial charge on any atom is 0.335 e. The maximum absolute atomic E-state index is 10.2. The molecule has 0 atom stereocenters. The van der Waals surface area contributed by atoms with Gasteiger partial charge in [-0.3, -0.25) is 0 Å². The van der Waals surface area contributed by atoms with Gasteiger partial charge in [-0.2, -0.15) is 0 Å². The number of aliphatic hydroxyl groups is 4. The van der Waals surface area contributed by atoms with Gasteiger partial charge in [0, 0.05) is 0 Å². The van der Waals surface area contributed by atoms with Gasteiger partial charge in [-0.25, -0.2) is 4.79 Å².